The Morgan fingerprint density at radius 1 is 0.958 bits per heavy atom. The highest BCUT2D eigenvalue weighted by atomic mass is 16.3. The van der Waals surface area contributed by atoms with Gasteiger partial charge in [0, 0.05) is 18.4 Å². The highest BCUT2D eigenvalue weighted by Gasteiger charge is 1.91. The fraction of sp³-hybridized carbons (Fsp3) is 0.364. The number of aryl methyl sites for hydroxylation is 3. The topological polar surface area (TPSA) is 18.1 Å². The number of rotatable bonds is 0. The minimum atomic E-state index is 0.968. The molecule has 0 saturated carbocycles. The summed E-state index contributed by atoms with van der Waals surface area (Å²) in [5.41, 5.74) is 4.11. The fourth-order valence-electron chi connectivity index (χ4n) is 1.66. The monoisotopic (exact) mass is 327 g/mol. The van der Waals surface area contributed by atoms with E-state index >= 15 is 0 Å². The van der Waals surface area contributed by atoms with Gasteiger partial charge in [-0.2, -0.15) is 0 Å². The van der Waals surface area contributed by atoms with Crippen molar-refractivity contribution in [1.29, 1.82) is 0 Å². The average Bonchev–Trinajstić information content (AvgIpc) is 3.31. The van der Waals surface area contributed by atoms with E-state index in [1.54, 1.807) is 6.26 Å². The molecule has 1 aliphatic rings. The third-order valence-electron chi connectivity index (χ3n) is 3.58. The van der Waals surface area contributed by atoms with Gasteiger partial charge < -0.3 is 8.98 Å². The smallest absolute Gasteiger partial charge is 0.100 e. The van der Waals surface area contributed by atoms with Crippen molar-refractivity contribution in [2.24, 2.45) is 7.05 Å². The molecule has 2 aromatic heterocycles. The van der Waals surface area contributed by atoms with Crippen LogP contribution >= 0.6 is 0 Å². The molecular weight excluding hydrogens is 294 g/mol. The van der Waals surface area contributed by atoms with Crippen LogP contribution in [0.1, 0.15) is 44.3 Å². The molecule has 0 unspecified atom stereocenters. The van der Waals surface area contributed by atoms with Crippen molar-refractivity contribution >= 4 is 0 Å². The van der Waals surface area contributed by atoms with E-state index in [1.165, 1.54) is 23.4 Å². The third-order valence-corrected chi connectivity index (χ3v) is 3.58. The molecule has 24 heavy (non-hydrogen) atoms. The maximum atomic E-state index is 4.83. The Morgan fingerprint density at radius 3 is 1.67 bits per heavy atom. The third kappa shape index (κ3) is 10.5. The van der Waals surface area contributed by atoms with E-state index < -0.39 is 0 Å². The summed E-state index contributed by atoms with van der Waals surface area (Å²) in [5.74, 6) is 0.968. The van der Waals surface area contributed by atoms with Crippen molar-refractivity contribution in [2.45, 2.75) is 48.0 Å². The number of hydrogen-bond acceptors (Lipinski definition) is 1. The predicted octanol–water partition coefficient (Wildman–Crippen LogP) is 6.70. The molecule has 0 aromatic carbocycles. The van der Waals surface area contributed by atoms with Gasteiger partial charge in [-0.05, 0) is 72.2 Å². The lowest BCUT2D eigenvalue weighted by Gasteiger charge is -1.96. The first-order valence-electron chi connectivity index (χ1n) is 8.41. The molecule has 0 bridgehead atoms. The zero-order valence-electron chi connectivity index (χ0n) is 16.3. The molecule has 3 rings (SSSR count). The lowest BCUT2D eigenvalue weighted by molar-refractivity contribution is 0.534. The Kier molecular flexibility index (Phi) is 12.0. The summed E-state index contributed by atoms with van der Waals surface area (Å²) in [7, 11) is 2.07. The Balaban J connectivity index is 0.000000303. The maximum absolute atomic E-state index is 4.83. The van der Waals surface area contributed by atoms with E-state index in [-0.39, 0.29) is 0 Å². The molecule has 2 heteroatoms. The lowest BCUT2D eigenvalue weighted by atomic mass is 10.3. The van der Waals surface area contributed by atoms with Crippen LogP contribution in [-0.4, -0.2) is 4.57 Å². The number of allylic oxidation sites excluding steroid dienone is 6. The van der Waals surface area contributed by atoms with E-state index in [0.717, 1.165) is 5.76 Å². The predicted molar refractivity (Wildman–Crippen MR) is 106 cm³/mol. The molecule has 2 heterocycles. The SMILES string of the molecule is C/C=C/C.CC1=CC=CC1.Cc1ccc(C)n1C.Cc1ccco1. The van der Waals surface area contributed by atoms with Gasteiger partial charge in [0.2, 0.25) is 0 Å². The number of furan rings is 1. The average molecular weight is 328 g/mol. The second kappa shape index (κ2) is 13.2. The molecule has 0 radical (unpaired) electrons. The van der Waals surface area contributed by atoms with E-state index in [9.17, 15) is 0 Å². The van der Waals surface area contributed by atoms with Gasteiger partial charge in [0.05, 0.1) is 6.26 Å². The van der Waals surface area contributed by atoms with Crippen molar-refractivity contribution in [1.82, 2.24) is 4.57 Å². The van der Waals surface area contributed by atoms with Crippen molar-refractivity contribution in [2.75, 3.05) is 0 Å². The van der Waals surface area contributed by atoms with Crippen LogP contribution < -0.4 is 0 Å². The van der Waals surface area contributed by atoms with Crippen LogP contribution in [0.5, 0.6) is 0 Å². The van der Waals surface area contributed by atoms with Crippen LogP contribution in [0.25, 0.3) is 0 Å². The molecule has 132 valence electrons. The number of nitrogens with zero attached hydrogens (tertiary/aromatic N) is 1. The largest absolute Gasteiger partial charge is 0.470 e. The summed E-state index contributed by atoms with van der Waals surface area (Å²) in [4.78, 5) is 0. The summed E-state index contributed by atoms with van der Waals surface area (Å²) < 4.78 is 7.00. The van der Waals surface area contributed by atoms with Crippen molar-refractivity contribution in [3.8, 4) is 0 Å². The van der Waals surface area contributed by atoms with Gasteiger partial charge in [0.15, 0.2) is 0 Å². The molecule has 0 fully saturated rings. The van der Waals surface area contributed by atoms with Crippen molar-refractivity contribution in [3.63, 3.8) is 0 Å². The summed E-state index contributed by atoms with van der Waals surface area (Å²) >= 11 is 0. The lowest BCUT2D eigenvalue weighted by Crippen LogP contribution is -1.91. The maximum Gasteiger partial charge on any atom is 0.100 e. The molecule has 2 aromatic rings. The van der Waals surface area contributed by atoms with Gasteiger partial charge in [-0.3, -0.25) is 0 Å². The zero-order valence-corrected chi connectivity index (χ0v) is 16.3. The van der Waals surface area contributed by atoms with E-state index in [4.69, 9.17) is 4.42 Å². The Morgan fingerprint density at radius 2 is 1.54 bits per heavy atom. The highest BCUT2D eigenvalue weighted by molar-refractivity contribution is 5.20. The van der Waals surface area contributed by atoms with Crippen LogP contribution in [0.2, 0.25) is 0 Å². The van der Waals surface area contributed by atoms with E-state index in [2.05, 4.69) is 62.7 Å². The minimum Gasteiger partial charge on any atom is -0.470 e. The summed E-state index contributed by atoms with van der Waals surface area (Å²) in [6.07, 6.45) is 13.2. The van der Waals surface area contributed by atoms with Gasteiger partial charge >= 0.3 is 0 Å². The molecular formula is C22H33NO. The van der Waals surface area contributed by atoms with Crippen LogP contribution in [0.15, 0.2) is 70.9 Å². The minimum absolute atomic E-state index is 0.968. The molecule has 0 aliphatic heterocycles. The molecule has 2 nitrogen and oxygen atoms in total. The highest BCUT2D eigenvalue weighted by Crippen LogP contribution is 2.06. The number of hydrogen-bond donors (Lipinski definition) is 0. The summed E-state index contributed by atoms with van der Waals surface area (Å²) in [6, 6.07) is 8.03. The molecule has 0 atom stereocenters. The Bertz CT molecular complexity index is 601. The second-order valence-corrected chi connectivity index (χ2v) is 5.71. The molecule has 0 spiro atoms. The first kappa shape index (κ1) is 21.8. The fourth-order valence-corrected chi connectivity index (χ4v) is 1.66. The Hall–Kier alpha value is -2.22. The standard InChI is InChI=1S/C7H11N.C6H8.C5H6O.C4H8/c1-6-4-5-7(2)8(6)3;1-6-4-2-3-5-6;1-5-3-2-4-6-5;1-3-4-2/h4-5H,1-3H3;2-4H,5H2,1H3;2-4H,1H3;3-4H,1-2H3/b;;;4-3+. The van der Waals surface area contributed by atoms with Crippen molar-refractivity contribution in [3.05, 3.63) is 83.6 Å². The van der Waals surface area contributed by atoms with E-state index in [1.807, 2.05) is 45.1 Å². The van der Waals surface area contributed by atoms with Crippen LogP contribution in [0, 0.1) is 20.8 Å². The molecule has 1 aliphatic carbocycles. The molecule has 0 saturated heterocycles. The first-order chi connectivity index (χ1) is 11.4. The first-order valence-corrected chi connectivity index (χ1v) is 8.41. The Labute approximate surface area is 148 Å². The quantitative estimate of drug-likeness (QED) is 0.492. The molecule has 0 N–H and O–H groups in total. The van der Waals surface area contributed by atoms with Crippen LogP contribution in [0.3, 0.4) is 0 Å². The summed E-state index contributed by atoms with van der Waals surface area (Å²) in [5, 5.41) is 0. The summed E-state index contributed by atoms with van der Waals surface area (Å²) in [6.45, 7) is 12.3. The normalized spacial score (nSPS) is 11.7. The van der Waals surface area contributed by atoms with Gasteiger partial charge in [-0.1, -0.05) is 36.0 Å². The van der Waals surface area contributed by atoms with Gasteiger partial charge in [0.25, 0.3) is 0 Å². The molecule has 0 amide bonds. The van der Waals surface area contributed by atoms with Crippen LogP contribution in [-0.2, 0) is 7.05 Å². The van der Waals surface area contributed by atoms with Gasteiger partial charge in [-0.25, -0.2) is 0 Å². The van der Waals surface area contributed by atoms with E-state index in [0.29, 0.717) is 0 Å². The van der Waals surface area contributed by atoms with Crippen LogP contribution in [0.4, 0.5) is 0 Å². The zero-order chi connectivity index (χ0) is 18.4. The number of aromatic nitrogens is 1. The van der Waals surface area contributed by atoms with Gasteiger partial charge in [0.1, 0.15) is 5.76 Å². The van der Waals surface area contributed by atoms with Gasteiger partial charge in [-0.15, -0.1) is 0 Å². The second-order valence-electron chi connectivity index (χ2n) is 5.71. The van der Waals surface area contributed by atoms with Crippen molar-refractivity contribution < 1.29 is 4.42 Å².